The standard InChI is InChI=1S/C32H24BrClN2O5/c33-17-9-12-25(37)23(13-17)27-20-10-11-21-26(29(39)35-28(21)38)22(20)15-24-30(40)36(19-8-4-7-18(34)14-19)31(41)32(24,27)16-5-2-1-3-6-16/h1-10,12-14,21-22,24,26-27,37H,11,15H2,(H,35,38,39)/t21-,22+,24-,26-,27+,32+/m0/s1. The van der Waals surface area contributed by atoms with E-state index in [0.29, 0.717) is 32.7 Å². The summed E-state index contributed by atoms with van der Waals surface area (Å²) in [6, 6.07) is 20.9. The summed E-state index contributed by atoms with van der Waals surface area (Å²) in [6.07, 6.45) is 2.49. The van der Waals surface area contributed by atoms with Crippen molar-refractivity contribution in [3.05, 3.63) is 105 Å². The molecule has 2 aliphatic carbocycles. The van der Waals surface area contributed by atoms with Gasteiger partial charge in [-0.15, -0.1) is 0 Å². The molecule has 6 atom stereocenters. The molecular formula is C32H24BrClN2O5. The predicted octanol–water partition coefficient (Wildman–Crippen LogP) is 5.26. The minimum Gasteiger partial charge on any atom is -0.508 e. The molecule has 3 aromatic carbocycles. The number of amides is 4. The molecule has 7 rings (SSSR count). The van der Waals surface area contributed by atoms with Crippen molar-refractivity contribution >= 4 is 56.8 Å². The number of nitrogens with zero attached hydrogens (tertiary/aromatic N) is 1. The summed E-state index contributed by atoms with van der Waals surface area (Å²) >= 11 is 9.83. The molecule has 9 heteroatoms. The molecule has 3 fully saturated rings. The normalized spacial score (nSPS) is 30.4. The highest BCUT2D eigenvalue weighted by molar-refractivity contribution is 9.10. The Morgan fingerprint density at radius 2 is 1.71 bits per heavy atom. The van der Waals surface area contributed by atoms with Crippen molar-refractivity contribution in [1.82, 2.24) is 5.32 Å². The van der Waals surface area contributed by atoms with Crippen LogP contribution in [0, 0.1) is 23.7 Å². The van der Waals surface area contributed by atoms with Crippen LogP contribution in [0.15, 0.2) is 88.9 Å². The van der Waals surface area contributed by atoms with Crippen molar-refractivity contribution in [1.29, 1.82) is 0 Å². The Hall–Kier alpha value is -3.75. The number of halogens is 2. The number of fused-ring (bicyclic) bond motifs is 4. The molecule has 4 aliphatic rings. The summed E-state index contributed by atoms with van der Waals surface area (Å²) in [6.45, 7) is 0. The van der Waals surface area contributed by atoms with Crippen molar-refractivity contribution in [3.63, 3.8) is 0 Å². The summed E-state index contributed by atoms with van der Waals surface area (Å²) < 4.78 is 0.693. The number of nitrogens with one attached hydrogen (secondary N) is 1. The van der Waals surface area contributed by atoms with Crippen LogP contribution in [0.5, 0.6) is 5.75 Å². The first kappa shape index (κ1) is 26.2. The van der Waals surface area contributed by atoms with E-state index in [4.69, 9.17) is 11.6 Å². The van der Waals surface area contributed by atoms with Crippen LogP contribution in [0.4, 0.5) is 5.69 Å². The number of hydrogen-bond donors (Lipinski definition) is 2. The number of hydrogen-bond acceptors (Lipinski definition) is 5. The highest BCUT2D eigenvalue weighted by Gasteiger charge is 2.70. The molecule has 206 valence electrons. The van der Waals surface area contributed by atoms with Gasteiger partial charge < -0.3 is 5.11 Å². The van der Waals surface area contributed by atoms with Crippen molar-refractivity contribution in [3.8, 4) is 5.75 Å². The molecule has 41 heavy (non-hydrogen) atoms. The lowest BCUT2D eigenvalue weighted by Crippen LogP contribution is -2.53. The number of allylic oxidation sites excluding steroid dienone is 2. The van der Waals surface area contributed by atoms with Gasteiger partial charge in [-0.2, -0.15) is 0 Å². The molecule has 0 aromatic heterocycles. The zero-order chi connectivity index (χ0) is 28.6. The molecule has 2 heterocycles. The molecule has 2 N–H and O–H groups in total. The first-order chi connectivity index (χ1) is 19.7. The molecular weight excluding hydrogens is 608 g/mol. The molecule has 0 radical (unpaired) electrons. The average molecular weight is 632 g/mol. The molecule has 2 saturated heterocycles. The van der Waals surface area contributed by atoms with Gasteiger partial charge in [-0.05, 0) is 60.7 Å². The van der Waals surface area contributed by atoms with E-state index in [9.17, 15) is 24.3 Å². The maximum absolute atomic E-state index is 15.0. The molecule has 1 saturated carbocycles. The molecule has 3 aromatic rings. The van der Waals surface area contributed by atoms with Gasteiger partial charge >= 0.3 is 0 Å². The lowest BCUT2D eigenvalue weighted by atomic mass is 9.49. The van der Waals surface area contributed by atoms with Gasteiger partial charge in [-0.3, -0.25) is 24.5 Å². The zero-order valence-electron chi connectivity index (χ0n) is 21.6. The summed E-state index contributed by atoms with van der Waals surface area (Å²) in [5.41, 5.74) is 0.844. The van der Waals surface area contributed by atoms with Gasteiger partial charge in [0.2, 0.25) is 23.6 Å². The van der Waals surface area contributed by atoms with Crippen molar-refractivity contribution in [2.45, 2.75) is 24.2 Å². The Balaban J connectivity index is 1.54. The van der Waals surface area contributed by atoms with Gasteiger partial charge in [0.15, 0.2) is 0 Å². The molecule has 4 amide bonds. The average Bonchev–Trinajstić information content (AvgIpc) is 3.38. The van der Waals surface area contributed by atoms with E-state index in [-0.39, 0.29) is 24.0 Å². The summed E-state index contributed by atoms with van der Waals surface area (Å²) in [5.74, 6) is -4.82. The summed E-state index contributed by atoms with van der Waals surface area (Å²) in [4.78, 5) is 56.5. The number of carbonyl (C=O) groups excluding carboxylic acids is 4. The number of benzene rings is 3. The van der Waals surface area contributed by atoms with E-state index in [1.807, 2.05) is 36.4 Å². The monoisotopic (exact) mass is 630 g/mol. The number of phenolic OH excluding ortho intramolecular Hbond substituents is 1. The molecule has 0 spiro atoms. The lowest BCUT2D eigenvalue weighted by Gasteiger charge is -2.50. The predicted molar refractivity (Wildman–Crippen MR) is 155 cm³/mol. The number of imide groups is 2. The number of carbonyl (C=O) groups is 4. The maximum Gasteiger partial charge on any atom is 0.246 e. The minimum atomic E-state index is -1.42. The number of anilines is 1. The fraction of sp³-hybridized carbons (Fsp3) is 0.250. The van der Waals surface area contributed by atoms with E-state index in [2.05, 4.69) is 21.2 Å². The highest BCUT2D eigenvalue weighted by atomic mass is 79.9. The van der Waals surface area contributed by atoms with Crippen LogP contribution in [-0.2, 0) is 24.6 Å². The van der Waals surface area contributed by atoms with E-state index >= 15 is 0 Å². The fourth-order valence-corrected chi connectivity index (χ4v) is 8.32. The number of phenols is 1. The van der Waals surface area contributed by atoms with E-state index in [0.717, 1.165) is 5.57 Å². The SMILES string of the molecule is O=C1NC(=O)[C@H]2CC=C3[C@@H](C[C@H]4C(=O)N(c5cccc(Cl)c5)C(=O)[C@@]4(c4ccccc4)[C@H]3c3cc(Br)ccc3O)[C@@H]12. The Labute approximate surface area is 249 Å². The van der Waals surface area contributed by atoms with Crippen molar-refractivity contribution in [2.75, 3.05) is 4.90 Å². The van der Waals surface area contributed by atoms with Crippen LogP contribution in [0.2, 0.25) is 5.02 Å². The third-order valence-electron chi connectivity index (χ3n) is 9.31. The fourth-order valence-electron chi connectivity index (χ4n) is 7.76. The van der Waals surface area contributed by atoms with Crippen molar-refractivity contribution in [2.24, 2.45) is 23.7 Å². The van der Waals surface area contributed by atoms with Gasteiger partial charge in [0.1, 0.15) is 5.75 Å². The minimum absolute atomic E-state index is 0.0238. The van der Waals surface area contributed by atoms with Crippen LogP contribution >= 0.6 is 27.5 Å². The second kappa shape index (κ2) is 9.39. The Morgan fingerprint density at radius 1 is 0.927 bits per heavy atom. The third kappa shape index (κ3) is 3.63. The van der Waals surface area contributed by atoms with E-state index < -0.39 is 46.8 Å². The Kier molecular flexibility index (Phi) is 5.99. The topological polar surface area (TPSA) is 104 Å². The van der Waals surface area contributed by atoms with Gasteiger partial charge in [-0.1, -0.05) is 75.6 Å². The van der Waals surface area contributed by atoms with Gasteiger partial charge in [-0.25, -0.2) is 4.90 Å². The quantitative estimate of drug-likeness (QED) is 0.303. The van der Waals surface area contributed by atoms with E-state index in [1.54, 1.807) is 42.5 Å². The first-order valence-corrected chi connectivity index (χ1v) is 14.6. The Morgan fingerprint density at radius 3 is 2.46 bits per heavy atom. The largest absolute Gasteiger partial charge is 0.508 e. The molecule has 0 bridgehead atoms. The summed E-state index contributed by atoms with van der Waals surface area (Å²) in [7, 11) is 0. The maximum atomic E-state index is 15.0. The number of rotatable bonds is 3. The van der Waals surface area contributed by atoms with Crippen LogP contribution in [0.1, 0.15) is 29.9 Å². The van der Waals surface area contributed by atoms with Gasteiger partial charge in [0.25, 0.3) is 0 Å². The van der Waals surface area contributed by atoms with Crippen LogP contribution in [0.25, 0.3) is 0 Å². The zero-order valence-corrected chi connectivity index (χ0v) is 23.9. The van der Waals surface area contributed by atoms with Crippen LogP contribution < -0.4 is 10.2 Å². The molecule has 2 aliphatic heterocycles. The van der Waals surface area contributed by atoms with Crippen LogP contribution in [0.3, 0.4) is 0 Å². The molecule has 7 nitrogen and oxygen atoms in total. The first-order valence-electron chi connectivity index (χ1n) is 13.5. The van der Waals surface area contributed by atoms with Gasteiger partial charge in [0.05, 0.1) is 28.9 Å². The second-order valence-corrected chi connectivity index (χ2v) is 12.5. The second-order valence-electron chi connectivity index (χ2n) is 11.2. The van der Waals surface area contributed by atoms with Crippen molar-refractivity contribution < 1.29 is 24.3 Å². The number of aromatic hydroxyl groups is 1. The highest BCUT2D eigenvalue weighted by Crippen LogP contribution is 2.65. The van der Waals surface area contributed by atoms with E-state index in [1.165, 1.54) is 4.90 Å². The third-order valence-corrected chi connectivity index (χ3v) is 10.0. The Bertz CT molecular complexity index is 1690. The lowest BCUT2D eigenvalue weighted by molar-refractivity contribution is -0.128. The molecule has 0 unspecified atom stereocenters. The van der Waals surface area contributed by atoms with Crippen LogP contribution in [-0.4, -0.2) is 28.7 Å². The summed E-state index contributed by atoms with van der Waals surface area (Å²) in [5, 5.41) is 14.2. The smallest absolute Gasteiger partial charge is 0.246 e. The van der Waals surface area contributed by atoms with Gasteiger partial charge in [0, 0.05) is 21.0 Å².